The van der Waals surface area contributed by atoms with Gasteiger partial charge in [-0.15, -0.1) is 0 Å². The number of allylic oxidation sites excluding steroid dienone is 3. The molecule has 0 saturated heterocycles. The summed E-state index contributed by atoms with van der Waals surface area (Å²) in [6.45, 7) is 4.19. The van der Waals surface area contributed by atoms with E-state index < -0.39 is 11.6 Å². The second-order valence-electron chi connectivity index (χ2n) is 9.03. The van der Waals surface area contributed by atoms with E-state index in [1.54, 1.807) is 37.3 Å². The molecule has 4 heteroatoms. The van der Waals surface area contributed by atoms with Gasteiger partial charge in [-0.3, -0.25) is 0 Å². The summed E-state index contributed by atoms with van der Waals surface area (Å²) in [4.78, 5) is 0. The predicted molar refractivity (Wildman–Crippen MR) is 138 cm³/mol. The van der Waals surface area contributed by atoms with Gasteiger partial charge in [-0.2, -0.15) is 4.39 Å². The first-order valence-electron chi connectivity index (χ1n) is 12.4. The smallest absolute Gasteiger partial charge is 0.201 e. The molecule has 1 aliphatic rings. The van der Waals surface area contributed by atoms with Crippen molar-refractivity contribution in [2.24, 2.45) is 5.92 Å². The topological polar surface area (TPSA) is 9.23 Å². The molecular weight excluding hydrogens is 445 g/mol. The molecule has 4 rings (SSSR count). The van der Waals surface area contributed by atoms with Crippen molar-refractivity contribution in [3.8, 4) is 28.0 Å². The molecule has 0 saturated carbocycles. The molecule has 182 valence electrons. The lowest BCUT2D eigenvalue weighted by Gasteiger charge is -2.19. The molecule has 0 aromatic heterocycles. The molecule has 3 aromatic rings. The first-order chi connectivity index (χ1) is 17.0. The fraction of sp³-hybridized carbons (Fsp3) is 0.290. The van der Waals surface area contributed by atoms with E-state index in [1.165, 1.54) is 43.0 Å². The Balaban J connectivity index is 1.48. The van der Waals surface area contributed by atoms with Gasteiger partial charge in [0, 0.05) is 11.1 Å². The molecule has 0 amide bonds. The average molecular weight is 477 g/mol. The molecule has 35 heavy (non-hydrogen) atoms. The molecule has 1 atom stereocenters. The van der Waals surface area contributed by atoms with Gasteiger partial charge in [0.05, 0.1) is 6.61 Å². The van der Waals surface area contributed by atoms with Crippen molar-refractivity contribution in [3.05, 3.63) is 95.3 Å². The molecule has 1 aliphatic carbocycles. The Bertz CT molecular complexity index is 1220. The normalized spacial score (nSPS) is 15.9. The maximum atomic E-state index is 14.9. The third kappa shape index (κ3) is 5.87. The van der Waals surface area contributed by atoms with Crippen LogP contribution < -0.4 is 4.74 Å². The van der Waals surface area contributed by atoms with Gasteiger partial charge >= 0.3 is 0 Å². The molecule has 0 heterocycles. The summed E-state index contributed by atoms with van der Waals surface area (Å²) in [5, 5.41) is 0. The van der Waals surface area contributed by atoms with Crippen molar-refractivity contribution in [3.63, 3.8) is 0 Å². The SMILES string of the molecule is CCCC1CC=C(C=Cc2ccc(-c3ccc(-c4ccc(OCC)c(F)c4F)cc3)c(F)c2)CC1. The molecule has 0 N–H and O–H groups in total. The van der Waals surface area contributed by atoms with Crippen LogP contribution in [0.15, 0.2) is 72.3 Å². The molecule has 0 aliphatic heterocycles. The highest BCUT2D eigenvalue weighted by atomic mass is 19.2. The van der Waals surface area contributed by atoms with Crippen LogP contribution in [0.1, 0.15) is 51.5 Å². The van der Waals surface area contributed by atoms with E-state index in [0.29, 0.717) is 16.7 Å². The van der Waals surface area contributed by atoms with E-state index in [9.17, 15) is 13.2 Å². The minimum Gasteiger partial charge on any atom is -0.491 e. The molecule has 0 fully saturated rings. The third-order valence-corrected chi connectivity index (χ3v) is 6.59. The summed E-state index contributed by atoms with van der Waals surface area (Å²) in [6, 6.07) is 14.9. The quantitative estimate of drug-likeness (QED) is 0.315. The minimum absolute atomic E-state index is 0.109. The fourth-order valence-corrected chi connectivity index (χ4v) is 4.65. The third-order valence-electron chi connectivity index (χ3n) is 6.59. The zero-order chi connectivity index (χ0) is 24.8. The van der Waals surface area contributed by atoms with Crippen molar-refractivity contribution in [1.29, 1.82) is 0 Å². The lowest BCUT2D eigenvalue weighted by molar-refractivity contribution is 0.314. The zero-order valence-electron chi connectivity index (χ0n) is 20.3. The van der Waals surface area contributed by atoms with Gasteiger partial charge in [0.2, 0.25) is 5.82 Å². The highest BCUT2D eigenvalue weighted by Gasteiger charge is 2.16. The Morgan fingerprint density at radius 3 is 2.20 bits per heavy atom. The lowest BCUT2D eigenvalue weighted by Crippen LogP contribution is -2.04. The molecule has 0 spiro atoms. The van der Waals surface area contributed by atoms with Gasteiger partial charge < -0.3 is 4.74 Å². The Morgan fingerprint density at radius 1 is 0.857 bits per heavy atom. The first-order valence-corrected chi connectivity index (χ1v) is 12.4. The maximum Gasteiger partial charge on any atom is 0.201 e. The summed E-state index contributed by atoms with van der Waals surface area (Å²) in [6.07, 6.45) is 12.3. The van der Waals surface area contributed by atoms with Crippen molar-refractivity contribution < 1.29 is 17.9 Å². The second kappa shape index (κ2) is 11.4. The number of hydrogen-bond donors (Lipinski definition) is 0. The number of halogens is 3. The van der Waals surface area contributed by atoms with Gasteiger partial charge in [0.15, 0.2) is 11.6 Å². The second-order valence-corrected chi connectivity index (χ2v) is 9.03. The predicted octanol–water partition coefficient (Wildman–Crippen LogP) is 9.38. The highest BCUT2D eigenvalue weighted by molar-refractivity contribution is 5.72. The van der Waals surface area contributed by atoms with E-state index >= 15 is 0 Å². The summed E-state index contributed by atoms with van der Waals surface area (Å²) >= 11 is 0. The molecular formula is C31H31F3O. The van der Waals surface area contributed by atoms with Crippen LogP contribution in [0.25, 0.3) is 28.3 Å². The molecule has 0 radical (unpaired) electrons. The summed E-state index contributed by atoms with van der Waals surface area (Å²) in [5.74, 6) is -1.60. The average Bonchev–Trinajstić information content (AvgIpc) is 2.87. The Morgan fingerprint density at radius 2 is 1.57 bits per heavy atom. The Labute approximate surface area is 206 Å². The standard InChI is InChI=1S/C31H31F3O/c1-3-5-21-6-8-22(9-7-21)10-11-23-12-17-26(28(32)20-23)24-13-15-25(16-14-24)27-18-19-29(35-4-2)31(34)30(27)33/h8,10-21H,3-7,9H2,1-2H3. The fourth-order valence-electron chi connectivity index (χ4n) is 4.65. The minimum atomic E-state index is -1.01. The van der Waals surface area contributed by atoms with E-state index in [2.05, 4.69) is 19.1 Å². The van der Waals surface area contributed by atoms with Gasteiger partial charge in [0.25, 0.3) is 0 Å². The van der Waals surface area contributed by atoms with Gasteiger partial charge in [-0.1, -0.05) is 80.0 Å². The number of ether oxygens (including phenoxy) is 1. The molecule has 1 unspecified atom stereocenters. The molecule has 1 nitrogen and oxygen atoms in total. The van der Waals surface area contributed by atoms with Crippen molar-refractivity contribution in [2.45, 2.75) is 46.0 Å². The molecule has 3 aromatic carbocycles. The lowest BCUT2D eigenvalue weighted by atomic mass is 9.86. The first kappa shape index (κ1) is 24.8. The van der Waals surface area contributed by atoms with Crippen LogP contribution in [0.4, 0.5) is 13.2 Å². The summed E-state index contributed by atoms with van der Waals surface area (Å²) in [7, 11) is 0. The Hall–Kier alpha value is -3.27. The van der Waals surface area contributed by atoms with Gasteiger partial charge in [0.1, 0.15) is 5.82 Å². The Kier molecular flexibility index (Phi) is 8.12. The summed E-state index contributed by atoms with van der Waals surface area (Å²) in [5.41, 5.74) is 3.91. The van der Waals surface area contributed by atoms with Crippen molar-refractivity contribution in [2.75, 3.05) is 6.61 Å². The number of hydrogen-bond acceptors (Lipinski definition) is 1. The monoisotopic (exact) mass is 476 g/mol. The van der Waals surface area contributed by atoms with E-state index in [-0.39, 0.29) is 23.7 Å². The van der Waals surface area contributed by atoms with Crippen molar-refractivity contribution in [1.82, 2.24) is 0 Å². The number of rotatable bonds is 8. The molecule has 0 bridgehead atoms. The number of benzene rings is 3. The summed E-state index contributed by atoms with van der Waals surface area (Å²) < 4.78 is 48.8. The van der Waals surface area contributed by atoms with E-state index in [0.717, 1.165) is 24.3 Å². The van der Waals surface area contributed by atoms with Crippen LogP contribution in [-0.2, 0) is 0 Å². The van der Waals surface area contributed by atoms with Crippen LogP contribution in [-0.4, -0.2) is 6.61 Å². The van der Waals surface area contributed by atoms with Crippen LogP contribution in [0, 0.1) is 23.4 Å². The largest absolute Gasteiger partial charge is 0.491 e. The highest BCUT2D eigenvalue weighted by Crippen LogP contribution is 2.32. The van der Waals surface area contributed by atoms with E-state index in [1.807, 2.05) is 12.1 Å². The maximum absolute atomic E-state index is 14.9. The van der Waals surface area contributed by atoms with Crippen LogP contribution in [0.3, 0.4) is 0 Å². The van der Waals surface area contributed by atoms with Gasteiger partial charge in [-0.25, -0.2) is 8.78 Å². The van der Waals surface area contributed by atoms with E-state index in [4.69, 9.17) is 4.74 Å². The van der Waals surface area contributed by atoms with Crippen LogP contribution in [0.2, 0.25) is 0 Å². The zero-order valence-corrected chi connectivity index (χ0v) is 20.3. The van der Waals surface area contributed by atoms with Crippen LogP contribution in [0.5, 0.6) is 5.75 Å². The van der Waals surface area contributed by atoms with Crippen molar-refractivity contribution >= 4 is 6.08 Å². The van der Waals surface area contributed by atoms with Gasteiger partial charge in [-0.05, 0) is 67.0 Å². The van der Waals surface area contributed by atoms with Crippen LogP contribution >= 0.6 is 0 Å².